The smallest absolute Gasteiger partial charge is 0.223 e. The lowest BCUT2D eigenvalue weighted by Gasteiger charge is -2.31. The van der Waals surface area contributed by atoms with Gasteiger partial charge in [-0.1, -0.05) is 30.3 Å². The first-order valence-corrected chi connectivity index (χ1v) is 10.8. The highest BCUT2D eigenvalue weighted by atomic mass is 32.2. The van der Waals surface area contributed by atoms with Crippen LogP contribution in [0.3, 0.4) is 0 Å². The SMILES string of the molecule is CC(Cn1ccnc1)NC(=O)C1CCN(S(=O)(=O)Cc2ccccc2)CC1. The second-order valence-electron chi connectivity index (χ2n) is 7.08. The number of hydrogen-bond acceptors (Lipinski definition) is 4. The quantitative estimate of drug-likeness (QED) is 0.779. The molecule has 1 aromatic heterocycles. The molecule has 2 heterocycles. The van der Waals surface area contributed by atoms with Crippen molar-refractivity contribution in [3.63, 3.8) is 0 Å². The van der Waals surface area contributed by atoms with Crippen LogP contribution >= 0.6 is 0 Å². The van der Waals surface area contributed by atoms with Crippen LogP contribution in [0.5, 0.6) is 0 Å². The maximum absolute atomic E-state index is 12.6. The Morgan fingerprint density at radius 3 is 2.59 bits per heavy atom. The summed E-state index contributed by atoms with van der Waals surface area (Å²) in [5.74, 6) is -0.131. The van der Waals surface area contributed by atoms with Crippen molar-refractivity contribution in [2.24, 2.45) is 5.92 Å². The summed E-state index contributed by atoms with van der Waals surface area (Å²) in [7, 11) is -3.35. The number of amides is 1. The van der Waals surface area contributed by atoms with Crippen molar-refractivity contribution in [2.45, 2.75) is 38.1 Å². The van der Waals surface area contributed by atoms with Crippen molar-refractivity contribution in [3.05, 3.63) is 54.6 Å². The molecule has 7 nitrogen and oxygen atoms in total. The second kappa shape index (κ2) is 8.67. The zero-order chi connectivity index (χ0) is 19.3. The van der Waals surface area contributed by atoms with Gasteiger partial charge in [0, 0.05) is 44.0 Å². The molecule has 27 heavy (non-hydrogen) atoms. The largest absolute Gasteiger partial charge is 0.352 e. The Bertz CT molecular complexity index is 829. The zero-order valence-corrected chi connectivity index (χ0v) is 16.3. The molecule has 1 fully saturated rings. The monoisotopic (exact) mass is 390 g/mol. The summed E-state index contributed by atoms with van der Waals surface area (Å²) in [5.41, 5.74) is 0.783. The molecule has 0 saturated carbocycles. The molecule has 0 spiro atoms. The highest BCUT2D eigenvalue weighted by Crippen LogP contribution is 2.22. The lowest BCUT2D eigenvalue weighted by molar-refractivity contribution is -0.126. The Hall–Kier alpha value is -2.19. The fourth-order valence-electron chi connectivity index (χ4n) is 3.39. The number of carbonyl (C=O) groups is 1. The van der Waals surface area contributed by atoms with E-state index < -0.39 is 10.0 Å². The van der Waals surface area contributed by atoms with Crippen LogP contribution in [0.15, 0.2) is 49.1 Å². The fraction of sp³-hybridized carbons (Fsp3) is 0.474. The molecule has 1 saturated heterocycles. The molecule has 146 valence electrons. The van der Waals surface area contributed by atoms with Gasteiger partial charge in [-0.15, -0.1) is 0 Å². The number of sulfonamides is 1. The molecule has 1 aliphatic heterocycles. The number of nitrogens with one attached hydrogen (secondary N) is 1. The van der Waals surface area contributed by atoms with Crippen molar-refractivity contribution >= 4 is 15.9 Å². The van der Waals surface area contributed by atoms with Crippen LogP contribution in [0.1, 0.15) is 25.3 Å². The van der Waals surface area contributed by atoms with E-state index in [9.17, 15) is 13.2 Å². The van der Waals surface area contributed by atoms with Crippen molar-refractivity contribution in [1.29, 1.82) is 0 Å². The molecule has 2 aromatic rings. The molecule has 3 rings (SSSR count). The normalized spacial score (nSPS) is 17.5. The van der Waals surface area contributed by atoms with Gasteiger partial charge in [-0.3, -0.25) is 4.79 Å². The van der Waals surface area contributed by atoms with Crippen LogP contribution in [0.25, 0.3) is 0 Å². The van der Waals surface area contributed by atoms with E-state index in [1.165, 1.54) is 4.31 Å². The van der Waals surface area contributed by atoms with E-state index in [0.717, 1.165) is 5.56 Å². The summed E-state index contributed by atoms with van der Waals surface area (Å²) in [6, 6.07) is 9.18. The maximum Gasteiger partial charge on any atom is 0.223 e. The Labute approximate surface area is 160 Å². The lowest BCUT2D eigenvalue weighted by atomic mass is 9.97. The van der Waals surface area contributed by atoms with E-state index in [1.54, 1.807) is 12.5 Å². The van der Waals surface area contributed by atoms with E-state index in [0.29, 0.717) is 32.5 Å². The summed E-state index contributed by atoms with van der Waals surface area (Å²) >= 11 is 0. The van der Waals surface area contributed by atoms with Crippen LogP contribution in [0, 0.1) is 5.92 Å². The predicted molar refractivity (Wildman–Crippen MR) is 103 cm³/mol. The lowest BCUT2D eigenvalue weighted by Crippen LogP contribution is -2.45. The number of nitrogens with zero attached hydrogens (tertiary/aromatic N) is 3. The van der Waals surface area contributed by atoms with E-state index in [1.807, 2.05) is 48.0 Å². The molecule has 1 aromatic carbocycles. The predicted octanol–water partition coefficient (Wildman–Crippen LogP) is 1.63. The van der Waals surface area contributed by atoms with Crippen LogP contribution < -0.4 is 5.32 Å². The van der Waals surface area contributed by atoms with E-state index >= 15 is 0 Å². The van der Waals surface area contributed by atoms with Crippen LogP contribution in [0.4, 0.5) is 0 Å². The average molecular weight is 391 g/mol. The van der Waals surface area contributed by atoms with Crippen LogP contribution in [-0.2, 0) is 27.1 Å². The van der Waals surface area contributed by atoms with Gasteiger partial charge in [0.25, 0.3) is 0 Å². The third-order valence-corrected chi connectivity index (χ3v) is 6.69. The minimum Gasteiger partial charge on any atom is -0.352 e. The number of aromatic nitrogens is 2. The van der Waals surface area contributed by atoms with Crippen molar-refractivity contribution < 1.29 is 13.2 Å². The first kappa shape index (κ1) is 19.6. The van der Waals surface area contributed by atoms with Gasteiger partial charge >= 0.3 is 0 Å². The fourth-order valence-corrected chi connectivity index (χ4v) is 4.95. The summed E-state index contributed by atoms with van der Waals surface area (Å²) < 4.78 is 28.6. The first-order valence-electron chi connectivity index (χ1n) is 9.22. The second-order valence-corrected chi connectivity index (χ2v) is 9.05. The van der Waals surface area contributed by atoms with Gasteiger partial charge in [0.2, 0.25) is 15.9 Å². The highest BCUT2D eigenvalue weighted by Gasteiger charge is 2.31. The van der Waals surface area contributed by atoms with Crippen LogP contribution in [-0.4, -0.2) is 47.3 Å². The Balaban J connectivity index is 1.48. The maximum atomic E-state index is 12.6. The number of carbonyl (C=O) groups excluding carboxylic acids is 1. The van der Waals surface area contributed by atoms with Gasteiger partial charge in [0.05, 0.1) is 12.1 Å². The van der Waals surface area contributed by atoms with E-state index in [2.05, 4.69) is 10.3 Å². The van der Waals surface area contributed by atoms with Gasteiger partial charge < -0.3 is 9.88 Å². The topological polar surface area (TPSA) is 84.3 Å². The van der Waals surface area contributed by atoms with E-state index in [4.69, 9.17) is 0 Å². The molecule has 1 atom stereocenters. The molecular formula is C19H26N4O3S. The molecule has 0 radical (unpaired) electrons. The van der Waals surface area contributed by atoms with Gasteiger partial charge in [-0.2, -0.15) is 0 Å². The van der Waals surface area contributed by atoms with Gasteiger partial charge in [-0.25, -0.2) is 17.7 Å². The van der Waals surface area contributed by atoms with Crippen molar-refractivity contribution in [1.82, 2.24) is 19.2 Å². The number of imidazole rings is 1. The third kappa shape index (κ3) is 5.40. The van der Waals surface area contributed by atoms with Gasteiger partial charge in [-0.05, 0) is 25.3 Å². The standard InChI is InChI=1S/C19H26N4O3S/c1-16(13-22-12-9-20-15-22)21-19(24)18-7-10-23(11-8-18)27(25,26)14-17-5-3-2-4-6-17/h2-6,9,12,15-16,18H,7-8,10-11,13-14H2,1H3,(H,21,24). The number of benzene rings is 1. The molecule has 0 aliphatic carbocycles. The first-order chi connectivity index (χ1) is 12.9. The molecule has 1 amide bonds. The molecule has 1 aliphatic rings. The number of piperidine rings is 1. The van der Waals surface area contributed by atoms with Gasteiger partial charge in [0.1, 0.15) is 0 Å². The summed E-state index contributed by atoms with van der Waals surface area (Å²) in [4.78, 5) is 16.5. The minimum absolute atomic E-state index is 0.00252. The summed E-state index contributed by atoms with van der Waals surface area (Å²) in [6.07, 6.45) is 6.40. The van der Waals surface area contributed by atoms with Gasteiger partial charge in [0.15, 0.2) is 0 Å². The summed E-state index contributed by atoms with van der Waals surface area (Å²) in [6.45, 7) is 3.40. The Morgan fingerprint density at radius 1 is 1.26 bits per heavy atom. The average Bonchev–Trinajstić information content (AvgIpc) is 3.15. The molecule has 0 bridgehead atoms. The highest BCUT2D eigenvalue weighted by molar-refractivity contribution is 7.88. The minimum atomic E-state index is -3.35. The molecule has 1 N–H and O–H groups in total. The Morgan fingerprint density at radius 2 is 1.96 bits per heavy atom. The van der Waals surface area contributed by atoms with E-state index in [-0.39, 0.29) is 23.6 Å². The summed E-state index contributed by atoms with van der Waals surface area (Å²) in [5, 5.41) is 3.03. The molecular weight excluding hydrogens is 364 g/mol. The number of rotatable bonds is 7. The van der Waals surface area contributed by atoms with Crippen molar-refractivity contribution in [2.75, 3.05) is 13.1 Å². The zero-order valence-electron chi connectivity index (χ0n) is 15.5. The Kier molecular flexibility index (Phi) is 6.28. The van der Waals surface area contributed by atoms with Crippen molar-refractivity contribution in [3.8, 4) is 0 Å². The molecule has 8 heteroatoms. The third-order valence-electron chi connectivity index (χ3n) is 4.84. The van der Waals surface area contributed by atoms with Crippen LogP contribution in [0.2, 0.25) is 0 Å². The molecule has 1 unspecified atom stereocenters. The number of hydrogen-bond donors (Lipinski definition) is 1.